The van der Waals surface area contributed by atoms with Crippen LogP contribution in [0.25, 0.3) is 22.5 Å². The molecular weight excluding hydrogens is 542 g/mol. The van der Waals surface area contributed by atoms with Gasteiger partial charge in [0.2, 0.25) is 11.9 Å². The Morgan fingerprint density at radius 2 is 1.76 bits per heavy atom. The Labute approximate surface area is 241 Å². The molecule has 4 aromatic heterocycles. The monoisotopic (exact) mass is 575 g/mol. The van der Waals surface area contributed by atoms with Crippen LogP contribution in [0.15, 0.2) is 49.2 Å². The van der Waals surface area contributed by atoms with Gasteiger partial charge in [-0.15, -0.1) is 0 Å². The molecule has 0 saturated heterocycles. The number of aromatic amines is 1. The Bertz CT molecular complexity index is 1470. The number of nitrogens with one attached hydrogen (secondary N) is 2. The fraction of sp³-hybridized carbons (Fsp3) is 0.393. The van der Waals surface area contributed by atoms with E-state index in [0.29, 0.717) is 17.9 Å². The summed E-state index contributed by atoms with van der Waals surface area (Å²) in [6.45, 7) is 1.98. The number of amides is 1. The molecule has 1 amide bonds. The molecule has 4 heterocycles. The van der Waals surface area contributed by atoms with E-state index in [1.807, 2.05) is 24.0 Å². The standard InChI is InChI=1S/C28H33N9O5/c1-3-4-24(38)37(23-10-5-17(13-29-23)18-14-31-27(42-2)32-15-18)20-8-6-19(7-9-20)34-26-30-16-21(28(39,40)41)25(35-26)22-11-12-33-36-22/h5,10-16,19-20,39-41H,3-4,6-9H2,1-2H3,(H,33,36)(H,30,34,35)/t19-,20-. The van der Waals surface area contributed by atoms with Crippen molar-refractivity contribution in [3.05, 3.63) is 54.7 Å². The second kappa shape index (κ2) is 12.5. The Morgan fingerprint density at radius 1 is 1.02 bits per heavy atom. The summed E-state index contributed by atoms with van der Waals surface area (Å²) in [7, 11) is 1.51. The van der Waals surface area contributed by atoms with E-state index in [2.05, 4.69) is 40.4 Å². The third kappa shape index (κ3) is 6.51. The lowest BCUT2D eigenvalue weighted by Crippen LogP contribution is -2.44. The second-order valence-electron chi connectivity index (χ2n) is 10.1. The normalized spacial score (nSPS) is 17.1. The highest BCUT2D eigenvalue weighted by Gasteiger charge is 2.32. The Hall–Kier alpha value is -4.53. The van der Waals surface area contributed by atoms with Gasteiger partial charge in [0.05, 0.1) is 12.7 Å². The predicted molar refractivity (Wildman–Crippen MR) is 152 cm³/mol. The van der Waals surface area contributed by atoms with Crippen LogP contribution in [0.2, 0.25) is 0 Å². The highest BCUT2D eigenvalue weighted by molar-refractivity contribution is 5.93. The van der Waals surface area contributed by atoms with Crippen molar-refractivity contribution < 1.29 is 24.9 Å². The van der Waals surface area contributed by atoms with E-state index in [4.69, 9.17) is 4.74 Å². The molecule has 42 heavy (non-hydrogen) atoms. The zero-order valence-electron chi connectivity index (χ0n) is 23.3. The average molecular weight is 576 g/mol. The van der Waals surface area contributed by atoms with E-state index in [9.17, 15) is 20.1 Å². The van der Waals surface area contributed by atoms with Crippen LogP contribution in [0.4, 0.5) is 11.8 Å². The van der Waals surface area contributed by atoms with Gasteiger partial charge in [-0.25, -0.2) is 24.9 Å². The molecule has 5 rings (SSSR count). The number of nitrogens with zero attached hydrogens (tertiary/aromatic N) is 7. The van der Waals surface area contributed by atoms with E-state index in [1.165, 1.54) is 7.11 Å². The van der Waals surface area contributed by atoms with Crippen LogP contribution < -0.4 is 15.0 Å². The fourth-order valence-corrected chi connectivity index (χ4v) is 5.07. The van der Waals surface area contributed by atoms with Gasteiger partial charge >= 0.3 is 12.0 Å². The van der Waals surface area contributed by atoms with Gasteiger partial charge in [-0.05, 0) is 50.3 Å². The number of aromatic nitrogens is 7. The minimum absolute atomic E-state index is 0.0218. The van der Waals surface area contributed by atoms with Crippen molar-refractivity contribution in [1.29, 1.82) is 0 Å². The molecule has 1 fully saturated rings. The number of aliphatic hydroxyl groups is 3. The summed E-state index contributed by atoms with van der Waals surface area (Å²) in [5.74, 6) is -2.21. The third-order valence-electron chi connectivity index (χ3n) is 7.16. The zero-order valence-corrected chi connectivity index (χ0v) is 23.3. The zero-order chi connectivity index (χ0) is 29.7. The van der Waals surface area contributed by atoms with Crippen molar-refractivity contribution in [2.45, 2.75) is 63.5 Å². The lowest BCUT2D eigenvalue weighted by Gasteiger charge is -2.36. The average Bonchev–Trinajstić information content (AvgIpc) is 3.54. The molecular formula is C28H33N9O5. The molecule has 14 heteroatoms. The third-order valence-corrected chi connectivity index (χ3v) is 7.16. The molecule has 1 aliphatic carbocycles. The summed E-state index contributed by atoms with van der Waals surface area (Å²) in [5.41, 5.74) is 1.75. The molecule has 1 saturated carbocycles. The lowest BCUT2D eigenvalue weighted by atomic mass is 9.90. The number of ether oxygens (including phenoxy) is 1. The van der Waals surface area contributed by atoms with E-state index in [0.717, 1.165) is 49.4 Å². The first-order valence-corrected chi connectivity index (χ1v) is 13.7. The van der Waals surface area contributed by atoms with Crippen molar-refractivity contribution >= 4 is 17.7 Å². The molecule has 4 aromatic rings. The molecule has 0 aliphatic heterocycles. The Morgan fingerprint density at radius 3 is 2.36 bits per heavy atom. The maximum absolute atomic E-state index is 13.3. The summed E-state index contributed by atoms with van der Waals surface area (Å²) in [5, 5.41) is 39.3. The maximum Gasteiger partial charge on any atom is 0.316 e. The maximum atomic E-state index is 13.3. The number of anilines is 2. The number of carbonyl (C=O) groups is 1. The highest BCUT2D eigenvalue weighted by Crippen LogP contribution is 2.31. The van der Waals surface area contributed by atoms with Crippen molar-refractivity contribution in [1.82, 2.24) is 35.1 Å². The largest absolute Gasteiger partial charge is 0.467 e. The summed E-state index contributed by atoms with van der Waals surface area (Å²) < 4.78 is 5.03. The van der Waals surface area contributed by atoms with Gasteiger partial charge in [-0.2, -0.15) is 5.10 Å². The first-order valence-electron chi connectivity index (χ1n) is 13.7. The van der Waals surface area contributed by atoms with Gasteiger partial charge in [0.15, 0.2) is 0 Å². The van der Waals surface area contributed by atoms with Crippen LogP contribution in [0.5, 0.6) is 6.01 Å². The van der Waals surface area contributed by atoms with Gasteiger partial charge in [0, 0.05) is 60.6 Å². The van der Waals surface area contributed by atoms with Gasteiger partial charge in [0.25, 0.3) is 0 Å². The van der Waals surface area contributed by atoms with E-state index >= 15 is 0 Å². The van der Waals surface area contributed by atoms with Gasteiger partial charge in [-0.3, -0.25) is 14.8 Å². The van der Waals surface area contributed by atoms with Gasteiger partial charge in [0.1, 0.15) is 17.2 Å². The number of hydrogen-bond acceptors (Lipinski definition) is 12. The number of H-pyrrole nitrogens is 1. The molecule has 0 radical (unpaired) electrons. The highest BCUT2D eigenvalue weighted by atomic mass is 16.7. The first kappa shape index (κ1) is 29.0. The van der Waals surface area contributed by atoms with Crippen molar-refractivity contribution in [3.8, 4) is 28.5 Å². The van der Waals surface area contributed by atoms with Crippen molar-refractivity contribution in [2.24, 2.45) is 0 Å². The van der Waals surface area contributed by atoms with Crippen LogP contribution in [0.3, 0.4) is 0 Å². The number of carbonyl (C=O) groups excluding carboxylic acids is 1. The molecule has 5 N–H and O–H groups in total. The molecule has 0 bridgehead atoms. The Kier molecular flexibility index (Phi) is 8.66. The molecule has 1 aliphatic rings. The molecule has 14 nitrogen and oxygen atoms in total. The van der Waals surface area contributed by atoms with Crippen LogP contribution in [-0.2, 0) is 10.8 Å². The van der Waals surface area contributed by atoms with Gasteiger partial charge < -0.3 is 25.4 Å². The summed E-state index contributed by atoms with van der Waals surface area (Å²) in [4.78, 5) is 36.6. The Balaban J connectivity index is 1.28. The van der Waals surface area contributed by atoms with E-state index in [1.54, 1.807) is 30.9 Å². The number of pyridine rings is 1. The summed E-state index contributed by atoms with van der Waals surface area (Å²) in [6.07, 6.45) is 11.9. The molecule has 0 atom stereocenters. The summed E-state index contributed by atoms with van der Waals surface area (Å²) >= 11 is 0. The van der Waals surface area contributed by atoms with E-state index < -0.39 is 5.97 Å². The molecule has 0 aromatic carbocycles. The van der Waals surface area contributed by atoms with Crippen LogP contribution in [0.1, 0.15) is 51.0 Å². The quantitative estimate of drug-likeness (QED) is 0.173. The van der Waals surface area contributed by atoms with Crippen molar-refractivity contribution in [2.75, 3.05) is 17.3 Å². The lowest BCUT2D eigenvalue weighted by molar-refractivity contribution is -0.323. The van der Waals surface area contributed by atoms with E-state index in [-0.39, 0.29) is 41.2 Å². The predicted octanol–water partition coefficient (Wildman–Crippen LogP) is 2.37. The number of methoxy groups -OCH3 is 1. The first-order chi connectivity index (χ1) is 20.3. The number of rotatable bonds is 10. The summed E-state index contributed by atoms with van der Waals surface area (Å²) in [6, 6.07) is 5.65. The van der Waals surface area contributed by atoms with Crippen LogP contribution >= 0.6 is 0 Å². The smallest absolute Gasteiger partial charge is 0.316 e. The van der Waals surface area contributed by atoms with Crippen LogP contribution in [-0.4, -0.2) is 75.5 Å². The fourth-order valence-electron chi connectivity index (χ4n) is 5.07. The van der Waals surface area contributed by atoms with Gasteiger partial charge in [-0.1, -0.05) is 6.92 Å². The number of hydrogen-bond donors (Lipinski definition) is 5. The molecule has 220 valence electrons. The van der Waals surface area contributed by atoms with Crippen LogP contribution in [0, 0.1) is 0 Å². The minimum atomic E-state index is -3.12. The second-order valence-corrected chi connectivity index (χ2v) is 10.1. The molecule has 0 spiro atoms. The SMILES string of the molecule is CCCC(=O)N(c1ccc(-c2cnc(OC)nc2)cn1)[C@H]1CC[C@H](Nc2ncc(C(O)(O)O)c(-c3cc[nH]n3)n2)CC1. The topological polar surface area (TPSA) is 195 Å². The molecule has 0 unspecified atom stereocenters. The minimum Gasteiger partial charge on any atom is -0.467 e. The van der Waals surface area contributed by atoms with Crippen molar-refractivity contribution in [3.63, 3.8) is 0 Å².